The van der Waals surface area contributed by atoms with E-state index in [0.717, 1.165) is 32.2 Å². The van der Waals surface area contributed by atoms with Gasteiger partial charge in [0.15, 0.2) is 0 Å². The molecular weight excluding hydrogens is 264 g/mol. The first-order valence-corrected chi connectivity index (χ1v) is 8.31. The Hall–Kier alpha value is -1.06. The Morgan fingerprint density at radius 3 is 2.19 bits per heavy atom. The minimum Gasteiger partial charge on any atom is -0.342 e. The number of amides is 2. The fourth-order valence-corrected chi connectivity index (χ4v) is 4.53. The Morgan fingerprint density at radius 1 is 1.10 bits per heavy atom. The van der Waals surface area contributed by atoms with Crippen LogP contribution in [0, 0.1) is 16.7 Å². The van der Waals surface area contributed by atoms with Crippen molar-refractivity contribution < 1.29 is 9.59 Å². The van der Waals surface area contributed by atoms with Crippen LogP contribution in [-0.4, -0.2) is 35.3 Å². The molecule has 118 valence electrons. The normalized spacial score (nSPS) is 30.4. The summed E-state index contributed by atoms with van der Waals surface area (Å²) in [5.41, 5.74) is -0.0313. The number of carbonyl (C=O) groups excluding carboxylic acids is 2. The summed E-state index contributed by atoms with van der Waals surface area (Å²) in [5.74, 6) is 0.743. The Bertz CT molecular complexity index is 461. The molecule has 3 fully saturated rings. The van der Waals surface area contributed by atoms with Gasteiger partial charge in [-0.25, -0.2) is 0 Å². The average molecular weight is 292 g/mol. The highest BCUT2D eigenvalue weighted by Crippen LogP contribution is 2.68. The van der Waals surface area contributed by atoms with E-state index in [2.05, 4.69) is 33.0 Å². The third kappa shape index (κ3) is 2.09. The van der Waals surface area contributed by atoms with Crippen LogP contribution in [0.4, 0.5) is 0 Å². The number of hydrogen-bond donors (Lipinski definition) is 1. The van der Waals surface area contributed by atoms with E-state index in [1.54, 1.807) is 0 Å². The first kappa shape index (κ1) is 14.9. The molecule has 21 heavy (non-hydrogen) atoms. The number of nitrogens with zero attached hydrogens (tertiary/aromatic N) is 1. The van der Waals surface area contributed by atoms with Crippen molar-refractivity contribution in [2.75, 3.05) is 13.1 Å². The minimum atomic E-state index is -0.587. The van der Waals surface area contributed by atoms with Crippen LogP contribution in [0.3, 0.4) is 0 Å². The van der Waals surface area contributed by atoms with Crippen molar-refractivity contribution in [3.63, 3.8) is 0 Å². The average Bonchev–Trinajstić information content (AvgIpc) is 2.75. The van der Waals surface area contributed by atoms with E-state index in [4.69, 9.17) is 0 Å². The highest BCUT2D eigenvalue weighted by atomic mass is 16.2. The van der Waals surface area contributed by atoms with Crippen molar-refractivity contribution in [2.24, 2.45) is 16.7 Å². The monoisotopic (exact) mass is 292 g/mol. The summed E-state index contributed by atoms with van der Waals surface area (Å²) in [5, 5.41) is 3.04. The molecule has 2 amide bonds. The van der Waals surface area contributed by atoms with Gasteiger partial charge in [0, 0.05) is 19.5 Å². The van der Waals surface area contributed by atoms with Gasteiger partial charge >= 0.3 is 0 Å². The maximum Gasteiger partial charge on any atom is 0.248 e. The van der Waals surface area contributed by atoms with Gasteiger partial charge in [-0.3, -0.25) is 9.59 Å². The van der Waals surface area contributed by atoms with Crippen molar-refractivity contribution in [3.05, 3.63) is 0 Å². The van der Waals surface area contributed by atoms with Crippen molar-refractivity contribution in [1.29, 1.82) is 0 Å². The van der Waals surface area contributed by atoms with Gasteiger partial charge < -0.3 is 10.2 Å². The summed E-state index contributed by atoms with van der Waals surface area (Å²) in [6.45, 7) is 10.5. The lowest BCUT2D eigenvalue weighted by molar-refractivity contribution is -0.139. The van der Waals surface area contributed by atoms with Crippen molar-refractivity contribution in [1.82, 2.24) is 10.2 Å². The highest BCUT2D eigenvalue weighted by molar-refractivity contribution is 5.93. The van der Waals surface area contributed by atoms with Crippen LogP contribution in [0.15, 0.2) is 0 Å². The molecule has 3 aliphatic rings. The van der Waals surface area contributed by atoms with Crippen molar-refractivity contribution in [2.45, 2.75) is 65.3 Å². The largest absolute Gasteiger partial charge is 0.342 e. The molecule has 1 N–H and O–H groups in total. The van der Waals surface area contributed by atoms with E-state index < -0.39 is 5.54 Å². The quantitative estimate of drug-likeness (QED) is 0.849. The molecule has 1 saturated heterocycles. The van der Waals surface area contributed by atoms with E-state index in [9.17, 15) is 9.59 Å². The van der Waals surface area contributed by atoms with Gasteiger partial charge in [-0.05, 0) is 29.6 Å². The maximum absolute atomic E-state index is 13.0. The molecule has 0 atom stereocenters. The van der Waals surface area contributed by atoms with Crippen LogP contribution in [0.2, 0.25) is 0 Å². The van der Waals surface area contributed by atoms with E-state index in [1.165, 1.54) is 0 Å². The lowest BCUT2D eigenvalue weighted by atomic mass is 9.95. The van der Waals surface area contributed by atoms with Gasteiger partial charge in [0.25, 0.3) is 0 Å². The van der Waals surface area contributed by atoms with Gasteiger partial charge in [0.05, 0.1) is 0 Å². The second kappa shape index (κ2) is 4.47. The Balaban J connectivity index is 1.79. The number of nitrogens with one attached hydrogen (secondary N) is 1. The molecule has 0 bridgehead atoms. The van der Waals surface area contributed by atoms with Crippen molar-refractivity contribution in [3.8, 4) is 0 Å². The second-order valence-electron chi connectivity index (χ2n) is 8.33. The van der Waals surface area contributed by atoms with Crippen LogP contribution in [0.25, 0.3) is 0 Å². The fourth-order valence-electron chi connectivity index (χ4n) is 4.53. The SMILES string of the molecule is CC1(C)C(CN2CCC(=O)NC3(CCCC3)C2=O)C1(C)C. The summed E-state index contributed by atoms with van der Waals surface area (Å²) in [6.07, 6.45) is 4.15. The molecule has 1 heterocycles. The third-order valence-electron chi connectivity index (χ3n) is 6.86. The molecule has 4 nitrogen and oxygen atoms in total. The summed E-state index contributed by atoms with van der Waals surface area (Å²) >= 11 is 0. The zero-order valence-corrected chi connectivity index (χ0v) is 13.8. The van der Waals surface area contributed by atoms with Gasteiger partial charge in [0.2, 0.25) is 11.8 Å². The first-order chi connectivity index (χ1) is 9.71. The van der Waals surface area contributed by atoms with Gasteiger partial charge in [-0.15, -0.1) is 0 Å². The Kier molecular flexibility index (Phi) is 3.16. The molecule has 0 aromatic carbocycles. The molecule has 2 aliphatic carbocycles. The zero-order chi connectivity index (χ0) is 15.5. The maximum atomic E-state index is 13.0. The van der Waals surface area contributed by atoms with E-state index in [1.807, 2.05) is 4.90 Å². The minimum absolute atomic E-state index is 0.0436. The fraction of sp³-hybridized carbons (Fsp3) is 0.882. The Labute approximate surface area is 127 Å². The number of carbonyl (C=O) groups is 2. The standard InChI is InChI=1S/C17H28N2O2/c1-15(2)12(16(15,3)4)11-19-10-7-13(20)18-17(14(19)21)8-5-6-9-17/h12H,5-11H2,1-4H3,(H,18,20). The van der Waals surface area contributed by atoms with E-state index in [-0.39, 0.29) is 22.6 Å². The smallest absolute Gasteiger partial charge is 0.248 e. The van der Waals surface area contributed by atoms with Crippen LogP contribution < -0.4 is 5.32 Å². The molecule has 3 rings (SSSR count). The second-order valence-corrected chi connectivity index (χ2v) is 8.33. The molecule has 0 unspecified atom stereocenters. The molecule has 0 radical (unpaired) electrons. The summed E-state index contributed by atoms with van der Waals surface area (Å²) in [6, 6.07) is 0. The number of rotatable bonds is 2. The summed E-state index contributed by atoms with van der Waals surface area (Å²) in [4.78, 5) is 27.0. The van der Waals surface area contributed by atoms with Crippen LogP contribution in [0.5, 0.6) is 0 Å². The predicted molar refractivity (Wildman–Crippen MR) is 81.6 cm³/mol. The molecule has 0 aromatic rings. The van der Waals surface area contributed by atoms with Crippen molar-refractivity contribution >= 4 is 11.8 Å². The highest BCUT2D eigenvalue weighted by Gasteiger charge is 2.65. The summed E-state index contributed by atoms with van der Waals surface area (Å²) < 4.78 is 0. The predicted octanol–water partition coefficient (Wildman–Crippen LogP) is 2.33. The topological polar surface area (TPSA) is 49.4 Å². The van der Waals surface area contributed by atoms with Gasteiger partial charge in [0.1, 0.15) is 5.54 Å². The Morgan fingerprint density at radius 2 is 1.67 bits per heavy atom. The number of hydrogen-bond acceptors (Lipinski definition) is 2. The lowest BCUT2D eigenvalue weighted by Crippen LogP contribution is -2.55. The summed E-state index contributed by atoms with van der Waals surface area (Å²) in [7, 11) is 0. The third-order valence-corrected chi connectivity index (χ3v) is 6.86. The zero-order valence-electron chi connectivity index (χ0n) is 13.8. The molecule has 4 heteroatoms. The molecule has 2 saturated carbocycles. The van der Waals surface area contributed by atoms with Gasteiger partial charge in [-0.1, -0.05) is 40.5 Å². The first-order valence-electron chi connectivity index (χ1n) is 8.31. The van der Waals surface area contributed by atoms with Crippen LogP contribution in [0.1, 0.15) is 59.8 Å². The van der Waals surface area contributed by atoms with Crippen LogP contribution in [-0.2, 0) is 9.59 Å². The van der Waals surface area contributed by atoms with Gasteiger partial charge in [-0.2, -0.15) is 0 Å². The van der Waals surface area contributed by atoms with Crippen LogP contribution >= 0.6 is 0 Å². The molecule has 1 spiro atoms. The van der Waals surface area contributed by atoms with E-state index >= 15 is 0 Å². The molecule has 0 aromatic heterocycles. The molecular formula is C17H28N2O2. The molecule has 1 aliphatic heterocycles. The lowest BCUT2D eigenvalue weighted by Gasteiger charge is -2.32. The van der Waals surface area contributed by atoms with E-state index in [0.29, 0.717) is 18.9 Å².